The summed E-state index contributed by atoms with van der Waals surface area (Å²) in [5, 5.41) is 12.3. The number of nitrogens with one attached hydrogen (secondary N) is 1. The van der Waals surface area contributed by atoms with Crippen LogP contribution in [0.4, 0.5) is 11.4 Å². The van der Waals surface area contributed by atoms with Crippen molar-refractivity contribution in [3.8, 4) is 5.75 Å². The molecule has 0 saturated carbocycles. The van der Waals surface area contributed by atoms with E-state index in [1.165, 1.54) is 0 Å². The number of para-hydroxylation sites is 1. The molecule has 0 fully saturated rings. The van der Waals surface area contributed by atoms with Gasteiger partial charge in [0.25, 0.3) is 0 Å². The Morgan fingerprint density at radius 3 is 1.67 bits per heavy atom. The number of ether oxygens (including phenoxy) is 1. The quantitative estimate of drug-likeness (QED) is 0.781. The van der Waals surface area contributed by atoms with Gasteiger partial charge < -0.3 is 15.2 Å². The van der Waals surface area contributed by atoms with Gasteiger partial charge in [-0.2, -0.15) is 0 Å². The lowest BCUT2D eigenvalue weighted by molar-refractivity contribution is 0.0300. The summed E-state index contributed by atoms with van der Waals surface area (Å²) in [6, 6.07) is 16.9. The highest BCUT2D eigenvalue weighted by Crippen LogP contribution is 2.18. The van der Waals surface area contributed by atoms with Crippen molar-refractivity contribution < 1.29 is 9.84 Å². The van der Waals surface area contributed by atoms with Crippen molar-refractivity contribution in [1.82, 2.24) is 0 Å². The zero-order chi connectivity index (χ0) is 15.7. The predicted octanol–water partition coefficient (Wildman–Crippen LogP) is 4.96. The SMILES string of the molecule is CC(C)OC(C)C.Oc1ccc(Nc2ccccc2)cc1. The number of hydrogen-bond acceptors (Lipinski definition) is 3. The van der Waals surface area contributed by atoms with Gasteiger partial charge in [0, 0.05) is 11.4 Å². The van der Waals surface area contributed by atoms with E-state index in [-0.39, 0.29) is 5.75 Å². The standard InChI is InChI=1S/C12H11NO.C6H14O/c14-12-8-6-11(7-9-12)13-10-4-2-1-3-5-10;1-5(2)7-6(3)4/h1-9,13-14H;5-6H,1-4H3. The van der Waals surface area contributed by atoms with Crippen molar-refractivity contribution in [2.45, 2.75) is 39.9 Å². The zero-order valence-corrected chi connectivity index (χ0v) is 13.2. The fraction of sp³-hybridized carbons (Fsp3) is 0.333. The molecule has 2 N–H and O–H groups in total. The molecule has 0 aliphatic rings. The van der Waals surface area contributed by atoms with Gasteiger partial charge in [0.1, 0.15) is 5.75 Å². The van der Waals surface area contributed by atoms with Crippen molar-refractivity contribution in [2.75, 3.05) is 5.32 Å². The minimum atomic E-state index is 0.281. The normalized spacial score (nSPS) is 10.2. The van der Waals surface area contributed by atoms with Crippen LogP contribution in [-0.2, 0) is 4.74 Å². The zero-order valence-electron chi connectivity index (χ0n) is 13.2. The molecular formula is C18H25NO2. The number of aromatic hydroxyl groups is 1. The van der Waals surface area contributed by atoms with Gasteiger partial charge >= 0.3 is 0 Å². The number of rotatable bonds is 4. The Morgan fingerprint density at radius 1 is 0.762 bits per heavy atom. The van der Waals surface area contributed by atoms with E-state index < -0.39 is 0 Å². The molecule has 0 unspecified atom stereocenters. The van der Waals surface area contributed by atoms with Crippen molar-refractivity contribution in [3.05, 3.63) is 54.6 Å². The second kappa shape index (κ2) is 9.03. The minimum absolute atomic E-state index is 0.281. The number of benzene rings is 2. The molecule has 3 heteroatoms. The summed E-state index contributed by atoms with van der Waals surface area (Å²) in [5.74, 6) is 0.281. The first-order chi connectivity index (χ1) is 9.97. The minimum Gasteiger partial charge on any atom is -0.508 e. The average Bonchev–Trinajstić information content (AvgIpc) is 2.42. The number of hydrogen-bond donors (Lipinski definition) is 2. The molecule has 0 aliphatic heterocycles. The fourth-order valence-electron chi connectivity index (χ4n) is 1.78. The molecule has 114 valence electrons. The average molecular weight is 287 g/mol. The fourth-order valence-corrected chi connectivity index (χ4v) is 1.78. The summed E-state index contributed by atoms with van der Waals surface area (Å²) >= 11 is 0. The van der Waals surface area contributed by atoms with E-state index in [0.717, 1.165) is 11.4 Å². The van der Waals surface area contributed by atoms with Crippen LogP contribution in [-0.4, -0.2) is 17.3 Å². The molecule has 0 atom stereocenters. The van der Waals surface area contributed by atoms with Crippen LogP contribution >= 0.6 is 0 Å². The monoisotopic (exact) mass is 287 g/mol. The van der Waals surface area contributed by atoms with Crippen molar-refractivity contribution >= 4 is 11.4 Å². The first-order valence-electron chi connectivity index (χ1n) is 7.24. The van der Waals surface area contributed by atoms with Gasteiger partial charge in [0.15, 0.2) is 0 Å². The second-order valence-corrected chi connectivity index (χ2v) is 5.27. The van der Waals surface area contributed by atoms with Gasteiger partial charge in [-0.15, -0.1) is 0 Å². The topological polar surface area (TPSA) is 41.5 Å². The molecule has 0 saturated heterocycles. The maximum atomic E-state index is 9.09. The molecular weight excluding hydrogens is 262 g/mol. The summed E-state index contributed by atoms with van der Waals surface area (Å²) in [6.45, 7) is 8.17. The number of anilines is 2. The van der Waals surface area contributed by atoms with E-state index in [1.54, 1.807) is 12.1 Å². The third-order valence-corrected chi connectivity index (χ3v) is 2.47. The van der Waals surface area contributed by atoms with Gasteiger partial charge in [-0.3, -0.25) is 0 Å². The summed E-state index contributed by atoms with van der Waals surface area (Å²) in [4.78, 5) is 0. The van der Waals surface area contributed by atoms with Crippen LogP contribution in [0.25, 0.3) is 0 Å². The maximum absolute atomic E-state index is 9.09. The van der Waals surface area contributed by atoms with Gasteiger partial charge in [0.05, 0.1) is 12.2 Å². The van der Waals surface area contributed by atoms with E-state index in [4.69, 9.17) is 9.84 Å². The smallest absolute Gasteiger partial charge is 0.115 e. The van der Waals surface area contributed by atoms with Crippen LogP contribution in [0, 0.1) is 0 Å². The lowest BCUT2D eigenvalue weighted by Gasteiger charge is -2.09. The summed E-state index contributed by atoms with van der Waals surface area (Å²) < 4.78 is 5.25. The van der Waals surface area contributed by atoms with Gasteiger partial charge in [-0.1, -0.05) is 18.2 Å². The Morgan fingerprint density at radius 2 is 1.24 bits per heavy atom. The molecule has 2 aromatic carbocycles. The predicted molar refractivity (Wildman–Crippen MR) is 89.2 cm³/mol. The molecule has 0 heterocycles. The maximum Gasteiger partial charge on any atom is 0.115 e. The van der Waals surface area contributed by atoms with Crippen molar-refractivity contribution in [3.63, 3.8) is 0 Å². The Kier molecular flexibility index (Phi) is 7.33. The van der Waals surface area contributed by atoms with Gasteiger partial charge in [-0.25, -0.2) is 0 Å². The molecule has 21 heavy (non-hydrogen) atoms. The summed E-state index contributed by atoms with van der Waals surface area (Å²) in [6.07, 6.45) is 0.750. The highest BCUT2D eigenvalue weighted by atomic mass is 16.5. The number of phenols is 1. The van der Waals surface area contributed by atoms with E-state index in [2.05, 4.69) is 5.32 Å². The highest BCUT2D eigenvalue weighted by Gasteiger charge is 1.94. The molecule has 0 amide bonds. The third-order valence-electron chi connectivity index (χ3n) is 2.47. The van der Waals surface area contributed by atoms with Crippen LogP contribution in [0.3, 0.4) is 0 Å². The van der Waals surface area contributed by atoms with Crippen LogP contribution in [0.1, 0.15) is 27.7 Å². The van der Waals surface area contributed by atoms with E-state index >= 15 is 0 Å². The lowest BCUT2D eigenvalue weighted by atomic mass is 10.2. The Bertz CT molecular complexity index is 486. The van der Waals surface area contributed by atoms with Crippen LogP contribution in [0.2, 0.25) is 0 Å². The summed E-state index contributed by atoms with van der Waals surface area (Å²) in [7, 11) is 0. The Hall–Kier alpha value is -2.00. The van der Waals surface area contributed by atoms with Gasteiger partial charge in [0.2, 0.25) is 0 Å². The van der Waals surface area contributed by atoms with Gasteiger partial charge in [-0.05, 0) is 64.1 Å². The van der Waals surface area contributed by atoms with Crippen LogP contribution < -0.4 is 5.32 Å². The second-order valence-electron chi connectivity index (χ2n) is 5.27. The van der Waals surface area contributed by atoms with Crippen molar-refractivity contribution in [2.24, 2.45) is 0 Å². The highest BCUT2D eigenvalue weighted by molar-refractivity contribution is 5.59. The molecule has 0 aliphatic carbocycles. The van der Waals surface area contributed by atoms with E-state index in [1.807, 2.05) is 70.2 Å². The van der Waals surface area contributed by atoms with Crippen LogP contribution in [0.15, 0.2) is 54.6 Å². The Balaban J connectivity index is 0.000000270. The number of phenolic OH excluding ortho intramolecular Hbond substituents is 1. The van der Waals surface area contributed by atoms with Crippen LogP contribution in [0.5, 0.6) is 5.75 Å². The Labute approximate surface area is 127 Å². The molecule has 0 aromatic heterocycles. The van der Waals surface area contributed by atoms with E-state index in [0.29, 0.717) is 12.2 Å². The molecule has 0 bridgehead atoms. The van der Waals surface area contributed by atoms with Crippen molar-refractivity contribution in [1.29, 1.82) is 0 Å². The first-order valence-corrected chi connectivity index (χ1v) is 7.24. The molecule has 0 spiro atoms. The molecule has 2 aromatic rings. The third kappa shape index (κ3) is 8.00. The lowest BCUT2D eigenvalue weighted by Crippen LogP contribution is -2.09. The molecule has 0 radical (unpaired) electrons. The first kappa shape index (κ1) is 17.1. The molecule has 2 rings (SSSR count). The van der Waals surface area contributed by atoms with E-state index in [9.17, 15) is 0 Å². The molecule has 3 nitrogen and oxygen atoms in total. The largest absolute Gasteiger partial charge is 0.508 e. The summed E-state index contributed by atoms with van der Waals surface area (Å²) in [5.41, 5.74) is 2.01.